The summed E-state index contributed by atoms with van der Waals surface area (Å²) in [6.45, 7) is 13.4. The first-order valence-electron chi connectivity index (χ1n) is 12.1. The second kappa shape index (κ2) is 13.3. The van der Waals surface area contributed by atoms with Crippen LogP contribution in [0.25, 0.3) is 5.70 Å². The summed E-state index contributed by atoms with van der Waals surface area (Å²) >= 11 is 0. The number of carbonyl (C=O) groups is 1. The monoisotopic (exact) mass is 508 g/mol. The number of nitrogens with one attached hydrogen (secondary N) is 1. The van der Waals surface area contributed by atoms with Crippen molar-refractivity contribution in [3.8, 4) is 0 Å². The van der Waals surface area contributed by atoms with E-state index in [2.05, 4.69) is 18.8 Å². The quantitative estimate of drug-likeness (QED) is 0.315. The molecule has 0 aromatic heterocycles. The number of halogens is 1. The van der Waals surface area contributed by atoms with Crippen LogP contribution in [0.2, 0.25) is 0 Å². The lowest BCUT2D eigenvalue weighted by molar-refractivity contribution is -0.112. The van der Waals surface area contributed by atoms with Crippen molar-refractivity contribution in [1.82, 2.24) is 4.90 Å². The molecule has 1 heterocycles. The zero-order valence-electron chi connectivity index (χ0n) is 21.4. The van der Waals surface area contributed by atoms with Gasteiger partial charge in [0, 0.05) is 23.7 Å². The van der Waals surface area contributed by atoms with E-state index in [0.717, 1.165) is 34.5 Å². The van der Waals surface area contributed by atoms with Gasteiger partial charge in [0.25, 0.3) is 5.91 Å². The van der Waals surface area contributed by atoms with E-state index in [9.17, 15) is 9.18 Å². The number of hydrogen-bond acceptors (Lipinski definition) is 4. The van der Waals surface area contributed by atoms with Gasteiger partial charge in [-0.15, -0.1) is 0 Å². The third kappa shape index (κ3) is 7.23. The lowest BCUT2D eigenvalue weighted by Crippen LogP contribution is -2.22. The molecule has 0 radical (unpaired) electrons. The molecule has 5 nitrogen and oxygen atoms in total. The van der Waals surface area contributed by atoms with E-state index in [0.29, 0.717) is 30.6 Å². The minimum Gasteiger partial charge on any atom is -0.334 e. The Morgan fingerprint density at radius 3 is 2.22 bits per heavy atom. The van der Waals surface area contributed by atoms with Crippen molar-refractivity contribution in [3.63, 3.8) is 0 Å². The van der Waals surface area contributed by atoms with Gasteiger partial charge in [0.05, 0.1) is 24.5 Å². The van der Waals surface area contributed by atoms with Crippen LogP contribution < -0.4 is 5.32 Å². The molecule has 0 bridgehead atoms. The average molecular weight is 509 g/mol. The fraction of sp³-hybridized carbons (Fsp3) is 0.276. The Morgan fingerprint density at radius 1 is 1.00 bits per heavy atom. The molecular formula is C29H34FN2O3P. The largest absolute Gasteiger partial charge is 0.334 e. The number of amides is 1. The van der Waals surface area contributed by atoms with Gasteiger partial charge in [0.2, 0.25) is 0 Å². The van der Waals surface area contributed by atoms with Crippen molar-refractivity contribution >= 4 is 25.7 Å². The highest BCUT2D eigenvalue weighted by Crippen LogP contribution is 2.42. The van der Waals surface area contributed by atoms with Crippen molar-refractivity contribution in [2.45, 2.75) is 40.3 Å². The topological polar surface area (TPSA) is 50.8 Å². The molecule has 0 aliphatic carbocycles. The zero-order valence-corrected chi connectivity index (χ0v) is 22.3. The Morgan fingerprint density at radius 2 is 1.64 bits per heavy atom. The third-order valence-corrected chi connectivity index (χ3v) is 7.37. The average Bonchev–Trinajstić information content (AvgIpc) is 2.87. The van der Waals surface area contributed by atoms with E-state index in [1.807, 2.05) is 56.0 Å². The van der Waals surface area contributed by atoms with Gasteiger partial charge in [0.1, 0.15) is 5.82 Å². The standard InChI is InChI=1S/C29H34FN2O3P/c1-6-21(4)28(24-13-15-26(30)16-14-24)32-19-25(12-9-22(32)5)29(33)31-27-17-10-23(11-18-27)20-36(34-7-2)35-8-3/h9-19H,5-8,20H2,1-4H3,(H,31,33)/b28-21-. The van der Waals surface area contributed by atoms with Gasteiger partial charge in [-0.25, -0.2) is 4.39 Å². The molecule has 2 aromatic rings. The van der Waals surface area contributed by atoms with Gasteiger partial charge in [-0.05, 0) is 92.4 Å². The maximum atomic E-state index is 13.5. The summed E-state index contributed by atoms with van der Waals surface area (Å²) < 4.78 is 24.9. The van der Waals surface area contributed by atoms with Crippen LogP contribution in [-0.2, 0) is 20.0 Å². The predicted octanol–water partition coefficient (Wildman–Crippen LogP) is 7.76. The molecule has 36 heavy (non-hydrogen) atoms. The molecule has 0 atom stereocenters. The summed E-state index contributed by atoms with van der Waals surface area (Å²) in [5, 5.41) is 2.97. The molecule has 3 rings (SSSR count). The number of hydrogen-bond donors (Lipinski definition) is 1. The van der Waals surface area contributed by atoms with Gasteiger partial charge in [0.15, 0.2) is 8.38 Å². The molecule has 1 amide bonds. The van der Waals surface area contributed by atoms with Crippen molar-refractivity contribution < 1.29 is 18.2 Å². The van der Waals surface area contributed by atoms with Crippen molar-refractivity contribution in [2.24, 2.45) is 0 Å². The molecule has 0 unspecified atom stereocenters. The lowest BCUT2D eigenvalue weighted by atomic mass is 10.0. The molecule has 1 aliphatic heterocycles. The summed E-state index contributed by atoms with van der Waals surface area (Å²) in [6, 6.07) is 14.1. The Hall–Kier alpha value is -3.05. The molecule has 0 saturated heterocycles. The lowest BCUT2D eigenvalue weighted by Gasteiger charge is -2.29. The fourth-order valence-electron chi connectivity index (χ4n) is 3.70. The summed E-state index contributed by atoms with van der Waals surface area (Å²) in [6.07, 6.45) is 6.85. The summed E-state index contributed by atoms with van der Waals surface area (Å²) in [4.78, 5) is 15.0. The van der Waals surface area contributed by atoms with Crippen LogP contribution in [0.3, 0.4) is 0 Å². The molecular weight excluding hydrogens is 474 g/mol. The van der Waals surface area contributed by atoms with E-state index in [1.54, 1.807) is 24.4 Å². The molecule has 190 valence electrons. The highest BCUT2D eigenvalue weighted by Gasteiger charge is 2.20. The first-order chi connectivity index (χ1) is 17.4. The Balaban J connectivity index is 1.77. The van der Waals surface area contributed by atoms with Gasteiger partial charge in [-0.2, -0.15) is 0 Å². The zero-order chi connectivity index (χ0) is 26.1. The fourth-order valence-corrected chi connectivity index (χ4v) is 5.04. The Bertz CT molecular complexity index is 1150. The van der Waals surface area contributed by atoms with Crippen LogP contribution in [0, 0.1) is 5.82 Å². The van der Waals surface area contributed by atoms with Crippen LogP contribution in [0.15, 0.2) is 90.3 Å². The maximum Gasteiger partial charge on any atom is 0.257 e. The number of anilines is 1. The Kier molecular flexibility index (Phi) is 10.2. The van der Waals surface area contributed by atoms with Crippen LogP contribution in [0.5, 0.6) is 0 Å². The minimum atomic E-state index is -0.962. The second-order valence-corrected chi connectivity index (χ2v) is 9.74. The molecule has 1 aliphatic rings. The summed E-state index contributed by atoms with van der Waals surface area (Å²) in [7, 11) is -0.962. The molecule has 0 fully saturated rings. The molecule has 2 aromatic carbocycles. The van der Waals surface area contributed by atoms with Crippen LogP contribution >= 0.6 is 8.38 Å². The van der Waals surface area contributed by atoms with E-state index in [-0.39, 0.29) is 11.7 Å². The number of nitrogens with zero attached hydrogens (tertiary/aromatic N) is 1. The smallest absolute Gasteiger partial charge is 0.257 e. The van der Waals surface area contributed by atoms with Gasteiger partial charge >= 0.3 is 0 Å². The second-order valence-electron chi connectivity index (χ2n) is 8.25. The number of carbonyl (C=O) groups excluding carboxylic acids is 1. The van der Waals surface area contributed by atoms with Gasteiger partial charge < -0.3 is 19.3 Å². The summed E-state index contributed by atoms with van der Waals surface area (Å²) in [5.41, 5.74) is 5.85. The predicted molar refractivity (Wildman–Crippen MR) is 146 cm³/mol. The van der Waals surface area contributed by atoms with E-state index < -0.39 is 8.38 Å². The molecule has 0 saturated carbocycles. The Labute approximate surface area is 214 Å². The normalized spacial score (nSPS) is 14.1. The van der Waals surface area contributed by atoms with Crippen molar-refractivity contribution in [2.75, 3.05) is 18.5 Å². The molecule has 0 spiro atoms. The van der Waals surface area contributed by atoms with E-state index >= 15 is 0 Å². The SMILES string of the molecule is C=C1C=CC(C(=O)Nc2ccc(CP(OCC)OCC)cc2)=CN1/C(=C(/C)CC)c1ccc(F)cc1. The number of allylic oxidation sites excluding steroid dienone is 2. The molecule has 7 heteroatoms. The first kappa shape index (κ1) is 27.5. The third-order valence-electron chi connectivity index (χ3n) is 5.66. The van der Waals surface area contributed by atoms with E-state index in [1.165, 1.54) is 12.1 Å². The van der Waals surface area contributed by atoms with Gasteiger partial charge in [-0.1, -0.05) is 25.6 Å². The van der Waals surface area contributed by atoms with Crippen LogP contribution in [0.1, 0.15) is 45.2 Å². The van der Waals surface area contributed by atoms with Crippen molar-refractivity contribution in [1.29, 1.82) is 0 Å². The summed E-state index contributed by atoms with van der Waals surface area (Å²) in [5.74, 6) is -0.520. The number of benzene rings is 2. The highest BCUT2D eigenvalue weighted by molar-refractivity contribution is 7.46. The van der Waals surface area contributed by atoms with E-state index in [4.69, 9.17) is 9.05 Å². The number of rotatable bonds is 11. The molecule has 1 N–H and O–H groups in total. The highest BCUT2D eigenvalue weighted by atomic mass is 31.2. The van der Waals surface area contributed by atoms with Gasteiger partial charge in [-0.3, -0.25) is 4.79 Å². The maximum absolute atomic E-state index is 13.5. The van der Waals surface area contributed by atoms with Crippen LogP contribution in [-0.4, -0.2) is 24.0 Å². The van der Waals surface area contributed by atoms with Crippen LogP contribution in [0.4, 0.5) is 10.1 Å². The first-order valence-corrected chi connectivity index (χ1v) is 13.5. The van der Waals surface area contributed by atoms with Crippen molar-refractivity contribution in [3.05, 3.63) is 107 Å². The minimum absolute atomic E-state index is 0.227.